The summed E-state index contributed by atoms with van der Waals surface area (Å²) in [4.78, 5) is 3.39. The van der Waals surface area contributed by atoms with Crippen LogP contribution in [-0.4, -0.2) is 19.2 Å². The molecule has 1 heterocycles. The van der Waals surface area contributed by atoms with E-state index in [1.54, 1.807) is 0 Å². The normalized spacial score (nSPS) is 11.4. The van der Waals surface area contributed by atoms with Crippen molar-refractivity contribution in [2.45, 2.75) is 11.6 Å². The Hall–Kier alpha value is -0.950. The molecule has 1 aromatic heterocycles. The fourth-order valence-electron chi connectivity index (χ4n) is 0.794. The molecule has 84 valence electrons. The lowest BCUT2D eigenvalue weighted by atomic mass is 10.5. The fraction of sp³-hybridized carbons (Fsp3) is 0.286. The number of sulfone groups is 1. The van der Waals surface area contributed by atoms with E-state index in [0.717, 1.165) is 6.20 Å². The van der Waals surface area contributed by atoms with E-state index >= 15 is 0 Å². The SMILES string of the molecule is O=S(=O)(CCC=C(F)F)c1ncc(Cl)o1. The highest BCUT2D eigenvalue weighted by Gasteiger charge is 2.20. The molecule has 0 spiro atoms. The van der Waals surface area contributed by atoms with Gasteiger partial charge in [-0.15, -0.1) is 0 Å². The Kier molecular flexibility index (Phi) is 3.81. The van der Waals surface area contributed by atoms with Crippen LogP contribution in [0.3, 0.4) is 0 Å². The predicted molar refractivity (Wildman–Crippen MR) is 48.5 cm³/mol. The van der Waals surface area contributed by atoms with Gasteiger partial charge in [0.1, 0.15) is 0 Å². The summed E-state index contributed by atoms with van der Waals surface area (Å²) < 4.78 is 50.5. The second-order valence-electron chi connectivity index (χ2n) is 2.53. The smallest absolute Gasteiger partial charge is 0.316 e. The lowest BCUT2D eigenvalue weighted by Gasteiger charge is -1.95. The van der Waals surface area contributed by atoms with Crippen molar-refractivity contribution >= 4 is 21.4 Å². The first-order valence-corrected chi connectivity index (χ1v) is 5.80. The van der Waals surface area contributed by atoms with E-state index in [4.69, 9.17) is 11.6 Å². The third-order valence-electron chi connectivity index (χ3n) is 1.41. The van der Waals surface area contributed by atoms with Crippen molar-refractivity contribution < 1.29 is 21.6 Å². The third kappa shape index (κ3) is 3.60. The Morgan fingerprint density at radius 1 is 1.60 bits per heavy atom. The van der Waals surface area contributed by atoms with Gasteiger partial charge in [0.25, 0.3) is 6.08 Å². The van der Waals surface area contributed by atoms with Gasteiger partial charge >= 0.3 is 5.22 Å². The van der Waals surface area contributed by atoms with Crippen LogP contribution in [0.25, 0.3) is 0 Å². The Labute approximate surface area is 89.5 Å². The van der Waals surface area contributed by atoms with Gasteiger partial charge in [0.2, 0.25) is 15.1 Å². The number of aromatic nitrogens is 1. The van der Waals surface area contributed by atoms with Crippen LogP contribution in [0.1, 0.15) is 6.42 Å². The van der Waals surface area contributed by atoms with Crippen LogP contribution in [0, 0.1) is 0 Å². The largest absolute Gasteiger partial charge is 0.416 e. The number of oxazole rings is 1. The number of hydrogen-bond donors (Lipinski definition) is 0. The van der Waals surface area contributed by atoms with Gasteiger partial charge in [0.05, 0.1) is 11.9 Å². The molecule has 8 heteroatoms. The Morgan fingerprint density at radius 3 is 2.73 bits per heavy atom. The minimum absolute atomic E-state index is 0.166. The van der Waals surface area contributed by atoms with E-state index in [0.29, 0.717) is 6.08 Å². The molecule has 0 atom stereocenters. The van der Waals surface area contributed by atoms with Crippen LogP contribution < -0.4 is 0 Å². The summed E-state index contributed by atoms with van der Waals surface area (Å²) in [5, 5.41) is -0.721. The predicted octanol–water partition coefficient (Wildman–Crippen LogP) is 2.27. The quantitative estimate of drug-likeness (QED) is 0.830. The molecule has 0 saturated heterocycles. The molecule has 0 N–H and O–H groups in total. The van der Waals surface area contributed by atoms with Crippen molar-refractivity contribution in [1.82, 2.24) is 4.98 Å². The summed E-state index contributed by atoms with van der Waals surface area (Å²) >= 11 is 5.33. The van der Waals surface area contributed by atoms with Gasteiger partial charge in [-0.05, 0) is 24.1 Å². The lowest BCUT2D eigenvalue weighted by molar-refractivity contribution is 0.417. The van der Waals surface area contributed by atoms with Crippen LogP contribution in [0.4, 0.5) is 8.78 Å². The van der Waals surface area contributed by atoms with Crippen molar-refractivity contribution in [1.29, 1.82) is 0 Å². The molecule has 0 unspecified atom stereocenters. The number of rotatable bonds is 4. The van der Waals surface area contributed by atoms with Crippen molar-refractivity contribution in [3.8, 4) is 0 Å². The maximum Gasteiger partial charge on any atom is 0.316 e. The average molecular weight is 258 g/mol. The molecule has 0 amide bonds. The van der Waals surface area contributed by atoms with Crippen molar-refractivity contribution in [2.75, 3.05) is 5.75 Å². The van der Waals surface area contributed by atoms with Gasteiger partial charge in [0, 0.05) is 0 Å². The Morgan fingerprint density at radius 2 is 2.27 bits per heavy atom. The molecule has 0 fully saturated rings. The van der Waals surface area contributed by atoms with Crippen LogP contribution in [0.5, 0.6) is 0 Å². The van der Waals surface area contributed by atoms with Gasteiger partial charge < -0.3 is 4.42 Å². The molecular formula is C7H6ClF2NO3S. The van der Waals surface area contributed by atoms with Crippen LogP contribution in [0.2, 0.25) is 5.22 Å². The first-order chi connectivity index (χ1) is 6.92. The number of halogens is 3. The second-order valence-corrected chi connectivity index (χ2v) is 4.89. The molecule has 0 aliphatic carbocycles. The van der Waals surface area contributed by atoms with Gasteiger partial charge in [-0.1, -0.05) is 0 Å². The summed E-state index contributed by atoms with van der Waals surface area (Å²) in [5.41, 5.74) is 0. The number of hydrogen-bond acceptors (Lipinski definition) is 4. The zero-order valence-electron chi connectivity index (χ0n) is 7.28. The summed E-state index contributed by atoms with van der Waals surface area (Å²) in [6, 6.07) is 0. The zero-order chi connectivity index (χ0) is 11.5. The molecule has 4 nitrogen and oxygen atoms in total. The summed E-state index contributed by atoms with van der Waals surface area (Å²) in [6.07, 6.45) is -0.678. The van der Waals surface area contributed by atoms with Crippen LogP contribution in [-0.2, 0) is 9.84 Å². The fourth-order valence-corrected chi connectivity index (χ4v) is 1.99. The first kappa shape index (κ1) is 12.1. The van der Waals surface area contributed by atoms with E-state index in [1.165, 1.54) is 0 Å². The van der Waals surface area contributed by atoms with Gasteiger partial charge in [-0.3, -0.25) is 0 Å². The first-order valence-electron chi connectivity index (χ1n) is 3.77. The van der Waals surface area contributed by atoms with E-state index in [-0.39, 0.29) is 11.6 Å². The number of nitrogens with zero attached hydrogens (tertiary/aromatic N) is 1. The minimum atomic E-state index is -3.78. The Bertz CT molecular complexity index is 464. The van der Waals surface area contributed by atoms with E-state index in [9.17, 15) is 17.2 Å². The molecule has 0 aliphatic heterocycles. The van der Waals surface area contributed by atoms with Gasteiger partial charge in [-0.25, -0.2) is 13.4 Å². The molecule has 0 aromatic carbocycles. The highest BCUT2D eigenvalue weighted by molar-refractivity contribution is 7.91. The van der Waals surface area contributed by atoms with E-state index in [2.05, 4.69) is 9.40 Å². The lowest BCUT2D eigenvalue weighted by Crippen LogP contribution is -2.06. The maximum absolute atomic E-state index is 11.6. The summed E-state index contributed by atoms with van der Waals surface area (Å²) in [5.74, 6) is -0.499. The molecule has 15 heavy (non-hydrogen) atoms. The third-order valence-corrected chi connectivity index (χ3v) is 3.08. The minimum Gasteiger partial charge on any atom is -0.416 e. The van der Waals surface area contributed by atoms with Crippen molar-refractivity contribution in [3.63, 3.8) is 0 Å². The van der Waals surface area contributed by atoms with Crippen LogP contribution >= 0.6 is 11.6 Å². The highest BCUT2D eigenvalue weighted by Crippen LogP contribution is 2.16. The molecule has 0 radical (unpaired) electrons. The summed E-state index contributed by atoms with van der Waals surface area (Å²) in [6.45, 7) is 0. The van der Waals surface area contributed by atoms with Crippen molar-refractivity contribution in [2.24, 2.45) is 0 Å². The van der Waals surface area contributed by atoms with Crippen LogP contribution in [0.15, 0.2) is 28.0 Å². The average Bonchev–Trinajstić information content (AvgIpc) is 2.51. The molecule has 0 saturated carbocycles. The zero-order valence-corrected chi connectivity index (χ0v) is 8.86. The van der Waals surface area contributed by atoms with Crippen molar-refractivity contribution in [3.05, 3.63) is 23.6 Å². The molecule has 0 aliphatic rings. The van der Waals surface area contributed by atoms with E-state index < -0.39 is 26.9 Å². The molecular weight excluding hydrogens is 252 g/mol. The standard InChI is InChI=1S/C7H6ClF2NO3S/c8-5-4-11-7(14-5)15(12,13)3-1-2-6(9)10/h2,4H,1,3H2. The van der Waals surface area contributed by atoms with Gasteiger partial charge in [0.15, 0.2) is 0 Å². The number of allylic oxidation sites excluding steroid dienone is 1. The summed E-state index contributed by atoms with van der Waals surface area (Å²) in [7, 11) is -3.78. The topological polar surface area (TPSA) is 60.2 Å². The molecule has 0 bridgehead atoms. The monoisotopic (exact) mass is 257 g/mol. The maximum atomic E-state index is 11.6. The molecule has 1 aromatic rings. The second kappa shape index (κ2) is 4.71. The molecule has 1 rings (SSSR count). The highest BCUT2D eigenvalue weighted by atomic mass is 35.5. The van der Waals surface area contributed by atoms with E-state index in [1.807, 2.05) is 0 Å². The Balaban J connectivity index is 2.73. The van der Waals surface area contributed by atoms with Gasteiger partial charge in [-0.2, -0.15) is 8.78 Å².